The van der Waals surface area contributed by atoms with E-state index in [1.165, 1.54) is 29.6 Å². The van der Waals surface area contributed by atoms with Gasteiger partial charge in [0.2, 0.25) is 21.8 Å². The van der Waals surface area contributed by atoms with Crippen molar-refractivity contribution in [2.24, 2.45) is 5.92 Å². The average Bonchev–Trinajstić information content (AvgIpc) is 2.78. The molecule has 2 N–H and O–H groups in total. The highest BCUT2D eigenvalue weighted by Gasteiger charge is 2.27. The monoisotopic (exact) mass is 437 g/mol. The highest BCUT2D eigenvalue weighted by atomic mass is 32.2. The number of methoxy groups -OCH3 is 1. The number of hydrogen-bond acceptors (Lipinski definition) is 5. The molecule has 1 heterocycles. The van der Waals surface area contributed by atoms with Gasteiger partial charge in [0.05, 0.1) is 24.2 Å². The number of rotatable bonds is 7. The second-order valence-electron chi connectivity index (χ2n) is 7.93. The first-order chi connectivity index (χ1) is 14.4. The van der Waals surface area contributed by atoms with Crippen molar-refractivity contribution in [2.75, 3.05) is 32.1 Å². The van der Waals surface area contributed by atoms with Gasteiger partial charge in [-0.25, -0.2) is 8.42 Å². The number of benzene rings is 1. The molecular weight excluding hydrogens is 406 g/mol. The Kier molecular flexibility index (Phi) is 7.71. The van der Waals surface area contributed by atoms with Gasteiger partial charge in [-0.3, -0.25) is 9.59 Å². The lowest BCUT2D eigenvalue weighted by Gasteiger charge is -2.26. The molecule has 0 atom stereocenters. The summed E-state index contributed by atoms with van der Waals surface area (Å²) < 4.78 is 32.6. The lowest BCUT2D eigenvalue weighted by molar-refractivity contribution is -0.128. The Hall–Kier alpha value is -2.13. The second kappa shape index (κ2) is 10.3. The molecule has 2 amide bonds. The highest BCUT2D eigenvalue weighted by molar-refractivity contribution is 7.89. The van der Waals surface area contributed by atoms with Crippen LogP contribution in [0, 0.1) is 5.92 Å². The minimum atomic E-state index is -3.63. The summed E-state index contributed by atoms with van der Waals surface area (Å²) in [5, 5.41) is 5.36. The van der Waals surface area contributed by atoms with Crippen LogP contribution in [0.15, 0.2) is 23.1 Å². The Morgan fingerprint density at radius 3 is 2.40 bits per heavy atom. The van der Waals surface area contributed by atoms with E-state index in [0.29, 0.717) is 18.8 Å². The molecule has 1 aliphatic heterocycles. The maximum atomic E-state index is 12.9. The highest BCUT2D eigenvalue weighted by Crippen LogP contribution is 2.30. The number of anilines is 1. The van der Waals surface area contributed by atoms with E-state index in [1.807, 2.05) is 0 Å². The molecule has 2 aliphatic rings. The van der Waals surface area contributed by atoms with Crippen molar-refractivity contribution in [1.82, 2.24) is 9.62 Å². The van der Waals surface area contributed by atoms with E-state index < -0.39 is 15.9 Å². The van der Waals surface area contributed by atoms with Crippen molar-refractivity contribution in [3.63, 3.8) is 0 Å². The van der Waals surface area contributed by atoms with Crippen LogP contribution in [0.5, 0.6) is 5.75 Å². The summed E-state index contributed by atoms with van der Waals surface area (Å²) in [5.74, 6) is -0.193. The molecule has 3 rings (SSSR count). The molecule has 166 valence electrons. The van der Waals surface area contributed by atoms with Gasteiger partial charge in [0.1, 0.15) is 5.75 Å². The number of sulfonamides is 1. The third kappa shape index (κ3) is 5.51. The zero-order valence-electron chi connectivity index (χ0n) is 17.5. The second-order valence-corrected chi connectivity index (χ2v) is 9.87. The van der Waals surface area contributed by atoms with Gasteiger partial charge in [0, 0.05) is 19.0 Å². The van der Waals surface area contributed by atoms with E-state index in [4.69, 9.17) is 4.74 Å². The van der Waals surface area contributed by atoms with Crippen molar-refractivity contribution in [2.45, 2.75) is 56.3 Å². The van der Waals surface area contributed by atoms with Crippen LogP contribution in [0.2, 0.25) is 0 Å². The van der Waals surface area contributed by atoms with Crippen molar-refractivity contribution < 1.29 is 22.7 Å². The molecule has 1 saturated carbocycles. The van der Waals surface area contributed by atoms with Crippen LogP contribution in [-0.4, -0.2) is 51.3 Å². The number of nitrogens with zero attached hydrogens (tertiary/aromatic N) is 1. The van der Waals surface area contributed by atoms with Gasteiger partial charge < -0.3 is 15.4 Å². The van der Waals surface area contributed by atoms with Gasteiger partial charge in [-0.1, -0.05) is 25.7 Å². The van der Waals surface area contributed by atoms with E-state index in [1.54, 1.807) is 0 Å². The Morgan fingerprint density at radius 2 is 1.73 bits per heavy atom. The maximum absolute atomic E-state index is 12.9. The van der Waals surface area contributed by atoms with Crippen molar-refractivity contribution in [3.05, 3.63) is 18.2 Å². The zero-order valence-corrected chi connectivity index (χ0v) is 18.3. The smallest absolute Gasteiger partial charge is 0.243 e. The standard InChI is InChI=1S/C21H31N3O5S/c1-29-19-11-10-17(30(27,28)24-12-6-3-7-13-24)14-18(19)23-20(25)15-22-21(26)16-8-4-2-5-9-16/h10-11,14,16H,2-9,12-13,15H2,1H3,(H,22,26)(H,23,25). The van der Waals surface area contributed by atoms with Crippen LogP contribution >= 0.6 is 0 Å². The van der Waals surface area contributed by atoms with Gasteiger partial charge in [-0.05, 0) is 43.9 Å². The Labute approximate surface area is 178 Å². The average molecular weight is 438 g/mol. The summed E-state index contributed by atoms with van der Waals surface area (Å²) in [6.07, 6.45) is 7.68. The van der Waals surface area contributed by atoms with E-state index in [0.717, 1.165) is 51.4 Å². The van der Waals surface area contributed by atoms with Crippen LogP contribution < -0.4 is 15.4 Å². The number of carbonyl (C=O) groups is 2. The van der Waals surface area contributed by atoms with Gasteiger partial charge in [0.15, 0.2) is 0 Å². The largest absolute Gasteiger partial charge is 0.495 e. The molecule has 8 nitrogen and oxygen atoms in total. The molecule has 9 heteroatoms. The molecule has 1 aromatic rings. The molecule has 0 bridgehead atoms. The predicted octanol–water partition coefficient (Wildman–Crippen LogP) is 2.50. The first-order valence-electron chi connectivity index (χ1n) is 10.7. The Bertz CT molecular complexity index is 859. The molecule has 0 radical (unpaired) electrons. The van der Waals surface area contributed by atoms with Gasteiger partial charge in [0.25, 0.3) is 0 Å². The van der Waals surface area contributed by atoms with E-state index in [2.05, 4.69) is 10.6 Å². The summed E-state index contributed by atoms with van der Waals surface area (Å²) in [4.78, 5) is 24.7. The van der Waals surface area contributed by atoms with Gasteiger partial charge in [-0.2, -0.15) is 4.31 Å². The van der Waals surface area contributed by atoms with E-state index in [9.17, 15) is 18.0 Å². The molecule has 0 spiro atoms. The fourth-order valence-electron chi connectivity index (χ4n) is 4.07. The quantitative estimate of drug-likeness (QED) is 0.682. The minimum absolute atomic E-state index is 0.0286. The Balaban J connectivity index is 1.66. The van der Waals surface area contributed by atoms with E-state index >= 15 is 0 Å². The fourth-order valence-corrected chi connectivity index (χ4v) is 5.61. The lowest BCUT2D eigenvalue weighted by atomic mass is 9.89. The number of nitrogens with one attached hydrogen (secondary N) is 2. The van der Waals surface area contributed by atoms with Gasteiger partial charge in [-0.15, -0.1) is 0 Å². The number of piperidine rings is 1. The molecule has 1 aromatic carbocycles. The van der Waals surface area contributed by atoms with Crippen LogP contribution in [0.3, 0.4) is 0 Å². The SMILES string of the molecule is COc1ccc(S(=O)(=O)N2CCCCC2)cc1NC(=O)CNC(=O)C1CCCCC1. The summed E-state index contributed by atoms with van der Waals surface area (Å²) in [5.41, 5.74) is 0.271. The Morgan fingerprint density at radius 1 is 1.07 bits per heavy atom. The van der Waals surface area contributed by atoms with Crippen LogP contribution in [0.1, 0.15) is 51.4 Å². The fraction of sp³-hybridized carbons (Fsp3) is 0.619. The first kappa shape index (κ1) is 22.6. The zero-order chi connectivity index (χ0) is 21.6. The summed E-state index contributed by atoms with van der Waals surface area (Å²) in [7, 11) is -2.18. The van der Waals surface area contributed by atoms with Crippen molar-refractivity contribution >= 4 is 27.5 Å². The normalized spacial score (nSPS) is 18.6. The molecular formula is C21H31N3O5S. The number of ether oxygens (including phenoxy) is 1. The maximum Gasteiger partial charge on any atom is 0.243 e. The van der Waals surface area contributed by atoms with Crippen LogP contribution in [-0.2, 0) is 19.6 Å². The molecule has 30 heavy (non-hydrogen) atoms. The van der Waals surface area contributed by atoms with Gasteiger partial charge >= 0.3 is 0 Å². The van der Waals surface area contributed by atoms with Crippen LogP contribution in [0.4, 0.5) is 5.69 Å². The molecule has 0 unspecified atom stereocenters. The third-order valence-corrected chi connectivity index (χ3v) is 7.69. The molecule has 2 fully saturated rings. The minimum Gasteiger partial charge on any atom is -0.495 e. The third-order valence-electron chi connectivity index (χ3n) is 5.80. The summed E-state index contributed by atoms with van der Waals surface area (Å²) in [6, 6.07) is 4.44. The van der Waals surface area contributed by atoms with Crippen LogP contribution in [0.25, 0.3) is 0 Å². The van der Waals surface area contributed by atoms with Crippen molar-refractivity contribution in [1.29, 1.82) is 0 Å². The van der Waals surface area contributed by atoms with Crippen molar-refractivity contribution in [3.8, 4) is 5.75 Å². The van der Waals surface area contributed by atoms with E-state index in [-0.39, 0.29) is 29.0 Å². The topological polar surface area (TPSA) is 105 Å². The summed E-state index contributed by atoms with van der Waals surface area (Å²) in [6.45, 7) is 0.841. The number of hydrogen-bond donors (Lipinski definition) is 2. The molecule has 1 aliphatic carbocycles. The molecule has 1 saturated heterocycles. The lowest BCUT2D eigenvalue weighted by Crippen LogP contribution is -2.37. The number of amides is 2. The molecule has 0 aromatic heterocycles. The predicted molar refractivity (Wildman–Crippen MR) is 114 cm³/mol. The first-order valence-corrected chi connectivity index (χ1v) is 12.1. The number of carbonyl (C=O) groups excluding carboxylic acids is 2. The summed E-state index contributed by atoms with van der Waals surface area (Å²) >= 11 is 0.